The maximum absolute atomic E-state index is 12.8. The molecule has 3 rings (SSSR count). The third kappa shape index (κ3) is 6.57. The highest BCUT2D eigenvalue weighted by molar-refractivity contribution is 5.97. The number of amides is 2. The van der Waals surface area contributed by atoms with E-state index < -0.39 is 12.0 Å². The van der Waals surface area contributed by atoms with Gasteiger partial charge in [0, 0.05) is 17.2 Å². The van der Waals surface area contributed by atoms with Gasteiger partial charge >= 0.3 is 5.97 Å². The Morgan fingerprint density at radius 2 is 1.65 bits per heavy atom. The molecule has 7 nitrogen and oxygen atoms in total. The first-order chi connectivity index (χ1) is 14.9. The molecule has 0 spiro atoms. The number of methoxy groups -OCH3 is 1. The summed E-state index contributed by atoms with van der Waals surface area (Å²) in [5.41, 5.74) is 1.85. The van der Waals surface area contributed by atoms with Gasteiger partial charge in [0.05, 0.1) is 25.7 Å². The second-order valence-electron chi connectivity index (χ2n) is 7.88. The smallest absolute Gasteiger partial charge is 0.308 e. The molecule has 0 aromatic heterocycles. The summed E-state index contributed by atoms with van der Waals surface area (Å²) in [6.07, 6.45) is 1.63. The highest BCUT2D eigenvalue weighted by atomic mass is 16.5. The maximum Gasteiger partial charge on any atom is 0.308 e. The van der Waals surface area contributed by atoms with Crippen LogP contribution in [0, 0.1) is 5.92 Å². The number of rotatable bonds is 9. The number of ether oxygens (including phenoxy) is 2. The van der Waals surface area contributed by atoms with Gasteiger partial charge in [-0.25, -0.2) is 0 Å². The first-order valence-corrected chi connectivity index (χ1v) is 10.4. The summed E-state index contributed by atoms with van der Waals surface area (Å²) >= 11 is 0. The molecule has 0 heterocycles. The van der Waals surface area contributed by atoms with Crippen molar-refractivity contribution in [2.45, 2.75) is 45.3 Å². The third-order valence-electron chi connectivity index (χ3n) is 4.92. The largest absolute Gasteiger partial charge is 0.497 e. The summed E-state index contributed by atoms with van der Waals surface area (Å²) in [5, 5.41) is 5.76. The topological polar surface area (TPSA) is 93.7 Å². The molecule has 7 heteroatoms. The van der Waals surface area contributed by atoms with Crippen molar-refractivity contribution in [2.75, 3.05) is 12.4 Å². The zero-order valence-corrected chi connectivity index (χ0v) is 18.0. The van der Waals surface area contributed by atoms with Gasteiger partial charge in [-0.3, -0.25) is 14.4 Å². The average Bonchev–Trinajstić information content (AvgIpc) is 3.59. The zero-order chi connectivity index (χ0) is 22.4. The van der Waals surface area contributed by atoms with Gasteiger partial charge in [0.1, 0.15) is 5.75 Å². The molecular formula is C24H28N2O5. The van der Waals surface area contributed by atoms with Crippen molar-refractivity contribution in [2.24, 2.45) is 5.92 Å². The van der Waals surface area contributed by atoms with E-state index in [4.69, 9.17) is 9.47 Å². The third-order valence-corrected chi connectivity index (χ3v) is 4.92. The molecule has 0 saturated heterocycles. The van der Waals surface area contributed by atoms with Crippen LogP contribution in [0.5, 0.6) is 5.75 Å². The molecule has 1 unspecified atom stereocenters. The van der Waals surface area contributed by atoms with Crippen LogP contribution in [0.4, 0.5) is 5.69 Å². The number of esters is 1. The number of hydrogen-bond acceptors (Lipinski definition) is 5. The minimum Gasteiger partial charge on any atom is -0.497 e. The van der Waals surface area contributed by atoms with E-state index in [9.17, 15) is 14.4 Å². The van der Waals surface area contributed by atoms with E-state index in [1.165, 1.54) is 0 Å². The molecular weight excluding hydrogens is 396 g/mol. The van der Waals surface area contributed by atoms with Crippen LogP contribution in [-0.2, 0) is 14.3 Å². The average molecular weight is 424 g/mol. The van der Waals surface area contributed by atoms with Crippen molar-refractivity contribution in [1.29, 1.82) is 0 Å². The molecule has 1 atom stereocenters. The van der Waals surface area contributed by atoms with Gasteiger partial charge in [-0.2, -0.15) is 0 Å². The Morgan fingerprint density at radius 3 is 2.19 bits per heavy atom. The predicted octanol–water partition coefficient (Wildman–Crippen LogP) is 3.86. The number of carbonyl (C=O) groups is 3. The summed E-state index contributed by atoms with van der Waals surface area (Å²) < 4.78 is 10.4. The number of anilines is 1. The second-order valence-corrected chi connectivity index (χ2v) is 7.88. The van der Waals surface area contributed by atoms with Crippen LogP contribution in [0.15, 0.2) is 48.5 Å². The van der Waals surface area contributed by atoms with E-state index in [1.54, 1.807) is 57.4 Å². The first kappa shape index (κ1) is 22.3. The zero-order valence-electron chi connectivity index (χ0n) is 18.0. The van der Waals surface area contributed by atoms with E-state index in [1.807, 2.05) is 12.1 Å². The highest BCUT2D eigenvalue weighted by Crippen LogP contribution is 2.30. The van der Waals surface area contributed by atoms with Crippen LogP contribution >= 0.6 is 0 Å². The van der Waals surface area contributed by atoms with Crippen molar-refractivity contribution >= 4 is 23.5 Å². The first-order valence-electron chi connectivity index (χ1n) is 10.4. The Labute approximate surface area is 182 Å². The fraction of sp³-hybridized carbons (Fsp3) is 0.375. The molecule has 1 fully saturated rings. The van der Waals surface area contributed by atoms with Crippen LogP contribution in [0.25, 0.3) is 0 Å². The van der Waals surface area contributed by atoms with Gasteiger partial charge < -0.3 is 20.1 Å². The minimum atomic E-state index is -0.557. The Bertz CT molecular complexity index is 918. The Morgan fingerprint density at radius 1 is 1.00 bits per heavy atom. The normalized spacial score (nSPS) is 13.9. The van der Waals surface area contributed by atoms with Crippen molar-refractivity contribution in [3.05, 3.63) is 59.7 Å². The fourth-order valence-electron chi connectivity index (χ4n) is 3.10. The standard InChI is InChI=1S/C24H28N2O5/c1-15(2)31-22(27)14-21(16-8-12-20(30-3)13-9-16)26-24(29)18-6-10-19(11-7-18)25-23(28)17-4-5-17/h6-13,15,17,21H,4-5,14H2,1-3H3,(H,25,28)(H,26,29). The molecule has 1 saturated carbocycles. The van der Waals surface area contributed by atoms with E-state index in [-0.39, 0.29) is 30.3 Å². The summed E-state index contributed by atoms with van der Waals surface area (Å²) in [6.45, 7) is 3.56. The SMILES string of the molecule is COc1ccc(C(CC(=O)OC(C)C)NC(=O)c2ccc(NC(=O)C3CC3)cc2)cc1. The number of nitrogens with one attached hydrogen (secondary N) is 2. The lowest BCUT2D eigenvalue weighted by atomic mass is 10.0. The molecule has 164 valence electrons. The molecule has 2 aromatic rings. The monoisotopic (exact) mass is 424 g/mol. The molecule has 2 N–H and O–H groups in total. The van der Waals surface area contributed by atoms with Crippen LogP contribution in [0.3, 0.4) is 0 Å². The predicted molar refractivity (Wildman–Crippen MR) is 117 cm³/mol. The van der Waals surface area contributed by atoms with Crippen molar-refractivity contribution in [3.63, 3.8) is 0 Å². The maximum atomic E-state index is 12.8. The van der Waals surface area contributed by atoms with Crippen LogP contribution < -0.4 is 15.4 Å². The Balaban J connectivity index is 1.70. The quantitative estimate of drug-likeness (QED) is 0.596. The van der Waals surface area contributed by atoms with E-state index in [0.717, 1.165) is 18.4 Å². The summed E-state index contributed by atoms with van der Waals surface area (Å²) in [6, 6.07) is 13.3. The minimum absolute atomic E-state index is 0.00573. The lowest BCUT2D eigenvalue weighted by Gasteiger charge is -2.20. The molecule has 2 aromatic carbocycles. The second kappa shape index (κ2) is 10.1. The van der Waals surface area contributed by atoms with E-state index in [2.05, 4.69) is 10.6 Å². The van der Waals surface area contributed by atoms with Gasteiger partial charge in [-0.05, 0) is 68.7 Å². The summed E-state index contributed by atoms with van der Waals surface area (Å²) in [7, 11) is 1.57. The molecule has 0 bridgehead atoms. The van der Waals surface area contributed by atoms with Crippen LogP contribution in [-0.4, -0.2) is 31.0 Å². The number of hydrogen-bond donors (Lipinski definition) is 2. The number of benzene rings is 2. The van der Waals surface area contributed by atoms with Gasteiger partial charge in [-0.15, -0.1) is 0 Å². The lowest BCUT2D eigenvalue weighted by molar-refractivity contribution is -0.148. The highest BCUT2D eigenvalue weighted by Gasteiger charge is 2.29. The molecule has 0 aliphatic heterocycles. The van der Waals surface area contributed by atoms with Crippen LogP contribution in [0.2, 0.25) is 0 Å². The fourth-order valence-corrected chi connectivity index (χ4v) is 3.10. The number of carbonyl (C=O) groups excluding carboxylic acids is 3. The Hall–Kier alpha value is -3.35. The summed E-state index contributed by atoms with van der Waals surface area (Å²) in [5.74, 6) is 0.0918. The van der Waals surface area contributed by atoms with Crippen molar-refractivity contribution in [3.8, 4) is 5.75 Å². The van der Waals surface area contributed by atoms with E-state index >= 15 is 0 Å². The van der Waals surface area contributed by atoms with Crippen molar-refractivity contribution in [1.82, 2.24) is 5.32 Å². The molecule has 1 aliphatic rings. The lowest BCUT2D eigenvalue weighted by Crippen LogP contribution is -2.31. The van der Waals surface area contributed by atoms with Crippen LogP contribution in [0.1, 0.15) is 55.1 Å². The van der Waals surface area contributed by atoms with Crippen molar-refractivity contribution < 1.29 is 23.9 Å². The van der Waals surface area contributed by atoms with Gasteiger partial charge in [0.25, 0.3) is 5.91 Å². The molecule has 2 amide bonds. The van der Waals surface area contributed by atoms with Gasteiger partial charge in [-0.1, -0.05) is 12.1 Å². The molecule has 1 aliphatic carbocycles. The Kier molecular flexibility index (Phi) is 7.28. The molecule has 31 heavy (non-hydrogen) atoms. The molecule has 0 radical (unpaired) electrons. The van der Waals surface area contributed by atoms with Gasteiger partial charge in [0.2, 0.25) is 5.91 Å². The summed E-state index contributed by atoms with van der Waals surface area (Å²) in [4.78, 5) is 37.0. The van der Waals surface area contributed by atoms with E-state index in [0.29, 0.717) is 17.0 Å². The van der Waals surface area contributed by atoms with Gasteiger partial charge in [0.15, 0.2) is 0 Å².